The fourth-order valence-electron chi connectivity index (χ4n) is 7.05. The number of nitrogens with one attached hydrogen (secondary N) is 1. The molecule has 3 nitrogen and oxygen atoms in total. The van der Waals surface area contributed by atoms with Gasteiger partial charge < -0.3 is 10.1 Å². The van der Waals surface area contributed by atoms with Crippen LogP contribution < -0.4 is 5.32 Å². The average Bonchev–Trinajstić information content (AvgIpc) is 3.22. The quantitative estimate of drug-likeness (QED) is 0.797. The van der Waals surface area contributed by atoms with Crippen molar-refractivity contribution in [2.24, 2.45) is 5.41 Å². The summed E-state index contributed by atoms with van der Waals surface area (Å²) in [5, 5.41) is 3.90. The Morgan fingerprint density at radius 2 is 2.05 bits per heavy atom. The van der Waals surface area contributed by atoms with Crippen molar-refractivity contribution in [3.05, 3.63) is 29.8 Å². The number of piperidine rings is 1. The summed E-state index contributed by atoms with van der Waals surface area (Å²) in [6.07, 6.45) is 7.07. The standard InChI is InChI=1S/C19H24N2O/c1-2-4-14-13(3-1)19-8-11-21-10-6-16-18(17(19)21,9-12-22-16)7-5-15(19)20-14/h1-4,15-17,20H,5-12H2/t15-,16-,17-,18-,19-/m0/s1. The third kappa shape index (κ3) is 1.18. The summed E-state index contributed by atoms with van der Waals surface area (Å²) in [4.78, 5) is 2.83. The third-order valence-corrected chi connectivity index (χ3v) is 7.70. The molecule has 116 valence electrons. The maximum atomic E-state index is 6.23. The van der Waals surface area contributed by atoms with Gasteiger partial charge in [0.25, 0.3) is 0 Å². The van der Waals surface area contributed by atoms with Crippen LogP contribution in [0.5, 0.6) is 0 Å². The molecule has 1 aliphatic carbocycles. The minimum absolute atomic E-state index is 0.348. The summed E-state index contributed by atoms with van der Waals surface area (Å²) in [6.45, 7) is 3.52. The van der Waals surface area contributed by atoms with Gasteiger partial charge in [-0.1, -0.05) is 18.2 Å². The fourth-order valence-corrected chi connectivity index (χ4v) is 7.05. The van der Waals surface area contributed by atoms with Crippen molar-refractivity contribution in [1.82, 2.24) is 4.90 Å². The first kappa shape index (κ1) is 12.4. The van der Waals surface area contributed by atoms with Crippen LogP contribution in [-0.4, -0.2) is 42.8 Å². The smallest absolute Gasteiger partial charge is 0.0659 e. The van der Waals surface area contributed by atoms with E-state index in [2.05, 4.69) is 34.5 Å². The van der Waals surface area contributed by atoms with Gasteiger partial charge in [0.15, 0.2) is 0 Å². The molecule has 1 N–H and O–H groups in total. The lowest BCUT2D eigenvalue weighted by Crippen LogP contribution is -2.66. The van der Waals surface area contributed by atoms with Gasteiger partial charge in [-0.05, 0) is 50.3 Å². The van der Waals surface area contributed by atoms with Crippen molar-refractivity contribution in [3.63, 3.8) is 0 Å². The fraction of sp³-hybridized carbons (Fsp3) is 0.684. The highest BCUT2D eigenvalue weighted by molar-refractivity contribution is 5.64. The molecule has 3 heteroatoms. The maximum absolute atomic E-state index is 6.23. The second kappa shape index (κ2) is 3.88. The molecule has 22 heavy (non-hydrogen) atoms. The van der Waals surface area contributed by atoms with Crippen LogP contribution in [0.4, 0.5) is 5.69 Å². The molecule has 0 radical (unpaired) electrons. The van der Waals surface area contributed by atoms with E-state index in [4.69, 9.17) is 4.74 Å². The number of rotatable bonds is 0. The zero-order valence-electron chi connectivity index (χ0n) is 13.1. The normalized spacial score (nSPS) is 48.3. The molecule has 4 aliphatic heterocycles. The number of nitrogens with zero attached hydrogens (tertiary/aromatic N) is 1. The molecule has 0 amide bonds. The lowest BCUT2D eigenvalue weighted by molar-refractivity contribution is -0.0849. The lowest BCUT2D eigenvalue weighted by Gasteiger charge is -2.58. The highest BCUT2D eigenvalue weighted by Crippen LogP contribution is 2.65. The van der Waals surface area contributed by atoms with Gasteiger partial charge in [0.2, 0.25) is 0 Å². The Morgan fingerprint density at radius 3 is 3.05 bits per heavy atom. The molecule has 2 spiro atoms. The molecular weight excluding hydrogens is 272 g/mol. The van der Waals surface area contributed by atoms with Gasteiger partial charge in [0, 0.05) is 41.8 Å². The van der Waals surface area contributed by atoms with Crippen molar-refractivity contribution < 1.29 is 4.74 Å². The summed E-state index contributed by atoms with van der Waals surface area (Å²) < 4.78 is 6.23. The predicted molar refractivity (Wildman–Crippen MR) is 86.1 cm³/mol. The van der Waals surface area contributed by atoms with Gasteiger partial charge in [-0.3, -0.25) is 4.90 Å². The number of hydrogen-bond acceptors (Lipinski definition) is 3. The monoisotopic (exact) mass is 296 g/mol. The SMILES string of the molecule is c1ccc2c(c1)N[C@H]1CC[C@]34CCO[C@H]3CCN3CC[C@]21[C@@H]34. The van der Waals surface area contributed by atoms with Crippen LogP contribution in [0, 0.1) is 5.41 Å². The molecule has 4 heterocycles. The number of hydrogen-bond donors (Lipinski definition) is 1. The predicted octanol–water partition coefficient (Wildman–Crippen LogP) is 2.77. The van der Waals surface area contributed by atoms with Crippen LogP contribution in [0.2, 0.25) is 0 Å². The second-order valence-corrected chi connectivity index (χ2v) is 8.14. The number of ether oxygens (including phenoxy) is 1. The second-order valence-electron chi connectivity index (χ2n) is 8.14. The molecule has 0 unspecified atom stereocenters. The van der Waals surface area contributed by atoms with Crippen molar-refractivity contribution in [2.45, 2.75) is 55.7 Å². The van der Waals surface area contributed by atoms with Gasteiger partial charge in [-0.2, -0.15) is 0 Å². The summed E-state index contributed by atoms with van der Waals surface area (Å²) in [7, 11) is 0. The molecule has 6 rings (SSSR count). The van der Waals surface area contributed by atoms with Crippen LogP contribution >= 0.6 is 0 Å². The molecule has 0 aromatic heterocycles. The van der Waals surface area contributed by atoms with Crippen LogP contribution in [0.3, 0.4) is 0 Å². The van der Waals surface area contributed by atoms with E-state index in [0.717, 1.165) is 6.61 Å². The topological polar surface area (TPSA) is 24.5 Å². The first-order chi connectivity index (χ1) is 10.8. The zero-order chi connectivity index (χ0) is 14.4. The van der Waals surface area contributed by atoms with Gasteiger partial charge >= 0.3 is 0 Å². The van der Waals surface area contributed by atoms with Gasteiger partial charge in [-0.15, -0.1) is 0 Å². The minimum atomic E-state index is 0.348. The third-order valence-electron chi connectivity index (χ3n) is 7.70. The molecule has 3 saturated heterocycles. The highest BCUT2D eigenvalue weighted by atomic mass is 16.5. The largest absolute Gasteiger partial charge is 0.381 e. The van der Waals surface area contributed by atoms with Crippen LogP contribution in [0.25, 0.3) is 0 Å². The number of fused-ring (bicyclic) bond motifs is 1. The van der Waals surface area contributed by atoms with E-state index < -0.39 is 0 Å². The van der Waals surface area contributed by atoms with Gasteiger partial charge in [0.05, 0.1) is 6.10 Å². The Morgan fingerprint density at radius 1 is 1.09 bits per heavy atom. The molecule has 1 aromatic rings. The highest BCUT2D eigenvalue weighted by Gasteiger charge is 2.69. The van der Waals surface area contributed by atoms with Gasteiger partial charge in [0.1, 0.15) is 0 Å². The summed E-state index contributed by atoms with van der Waals surface area (Å²) in [5.74, 6) is 0. The van der Waals surface area contributed by atoms with Crippen molar-refractivity contribution in [1.29, 1.82) is 0 Å². The number of para-hydroxylation sites is 1. The Balaban J connectivity index is 1.59. The summed E-state index contributed by atoms with van der Waals surface area (Å²) in [6, 6.07) is 10.5. The zero-order valence-corrected chi connectivity index (χ0v) is 13.1. The summed E-state index contributed by atoms with van der Waals surface area (Å²) in [5.41, 5.74) is 3.80. The molecular formula is C19H24N2O. The maximum Gasteiger partial charge on any atom is 0.0659 e. The molecule has 4 fully saturated rings. The lowest BCUT2D eigenvalue weighted by atomic mass is 9.52. The van der Waals surface area contributed by atoms with Crippen molar-refractivity contribution in [3.8, 4) is 0 Å². The Labute approximate surface area is 132 Å². The Kier molecular flexibility index (Phi) is 2.18. The van der Waals surface area contributed by atoms with Crippen LogP contribution in [0.1, 0.15) is 37.7 Å². The first-order valence-electron chi connectivity index (χ1n) is 9.06. The van der Waals surface area contributed by atoms with Crippen molar-refractivity contribution >= 4 is 5.69 Å². The van der Waals surface area contributed by atoms with Crippen LogP contribution in [0.15, 0.2) is 24.3 Å². The Hall–Kier alpha value is -1.06. The van der Waals surface area contributed by atoms with E-state index in [9.17, 15) is 0 Å². The average molecular weight is 296 g/mol. The van der Waals surface area contributed by atoms with E-state index in [1.165, 1.54) is 50.9 Å². The first-order valence-corrected chi connectivity index (χ1v) is 9.06. The van der Waals surface area contributed by atoms with E-state index in [0.29, 0.717) is 29.0 Å². The van der Waals surface area contributed by atoms with E-state index >= 15 is 0 Å². The van der Waals surface area contributed by atoms with E-state index in [-0.39, 0.29) is 0 Å². The van der Waals surface area contributed by atoms with Crippen LogP contribution in [-0.2, 0) is 10.2 Å². The molecule has 5 atom stereocenters. The molecule has 1 saturated carbocycles. The number of benzene rings is 1. The molecule has 5 aliphatic rings. The van der Waals surface area contributed by atoms with E-state index in [1.54, 1.807) is 5.56 Å². The molecule has 1 aromatic carbocycles. The summed E-state index contributed by atoms with van der Waals surface area (Å²) >= 11 is 0. The Bertz CT molecular complexity index is 646. The van der Waals surface area contributed by atoms with Crippen molar-refractivity contribution in [2.75, 3.05) is 25.0 Å². The minimum Gasteiger partial charge on any atom is -0.381 e. The van der Waals surface area contributed by atoms with E-state index in [1.807, 2.05) is 0 Å². The molecule has 0 bridgehead atoms. The number of anilines is 1. The van der Waals surface area contributed by atoms with Gasteiger partial charge in [-0.25, -0.2) is 0 Å².